The number of allylic oxidation sites excluding steroid dienone is 4. The van der Waals surface area contributed by atoms with E-state index in [-0.39, 0.29) is 11.7 Å². The monoisotopic (exact) mass is 404 g/mol. The Morgan fingerprint density at radius 3 is 2.70 bits per heavy atom. The van der Waals surface area contributed by atoms with Crippen LogP contribution in [-0.2, 0) is 4.79 Å². The molecule has 1 fully saturated rings. The first-order valence-corrected chi connectivity index (χ1v) is 9.93. The number of pyridine rings is 2. The number of hydrogen-bond acceptors (Lipinski definition) is 5. The average molecular weight is 404 g/mol. The number of imidazole rings is 1. The second kappa shape index (κ2) is 7.37. The van der Waals surface area contributed by atoms with Gasteiger partial charge >= 0.3 is 0 Å². The molecule has 1 aliphatic carbocycles. The summed E-state index contributed by atoms with van der Waals surface area (Å²) in [6, 6.07) is 5.76. The number of likely N-dealkylation sites (N-methyl/N-ethyl adjacent to an activating group) is 1. The molecule has 1 amide bonds. The third-order valence-corrected chi connectivity index (χ3v) is 5.61. The number of piperazine rings is 1. The van der Waals surface area contributed by atoms with Gasteiger partial charge in [-0.25, -0.2) is 14.4 Å². The number of aromatic nitrogens is 4. The Morgan fingerprint density at radius 1 is 1.07 bits per heavy atom. The van der Waals surface area contributed by atoms with Crippen LogP contribution in [0.25, 0.3) is 28.1 Å². The summed E-state index contributed by atoms with van der Waals surface area (Å²) in [6.07, 6.45) is 9.54. The van der Waals surface area contributed by atoms with E-state index < -0.39 is 0 Å². The van der Waals surface area contributed by atoms with Gasteiger partial charge in [-0.3, -0.25) is 14.3 Å². The minimum Gasteiger partial charge on any atom is -0.346 e. The average Bonchev–Trinajstić information content (AvgIpc) is 3.16. The molecule has 0 atom stereocenters. The van der Waals surface area contributed by atoms with Crippen LogP contribution in [0.15, 0.2) is 54.8 Å². The number of anilines is 1. The maximum absolute atomic E-state index is 13.5. The second-order valence-corrected chi connectivity index (χ2v) is 7.55. The van der Waals surface area contributed by atoms with Crippen LogP contribution in [0.4, 0.5) is 10.2 Å². The molecule has 0 spiro atoms. The summed E-state index contributed by atoms with van der Waals surface area (Å²) in [5.41, 5.74) is 3.52. The zero-order chi connectivity index (χ0) is 20.7. The summed E-state index contributed by atoms with van der Waals surface area (Å²) >= 11 is 0. The van der Waals surface area contributed by atoms with Crippen LogP contribution in [0.1, 0.15) is 12.8 Å². The predicted molar refractivity (Wildman–Crippen MR) is 113 cm³/mol. The van der Waals surface area contributed by atoms with E-state index in [4.69, 9.17) is 4.98 Å². The molecule has 0 saturated carbocycles. The highest BCUT2D eigenvalue weighted by Gasteiger charge is 2.23. The molecule has 0 aromatic carbocycles. The van der Waals surface area contributed by atoms with Crippen LogP contribution in [0.2, 0.25) is 0 Å². The van der Waals surface area contributed by atoms with E-state index in [2.05, 4.69) is 9.97 Å². The van der Waals surface area contributed by atoms with Crippen molar-refractivity contribution in [3.05, 3.63) is 54.8 Å². The molecule has 2 aliphatic rings. The van der Waals surface area contributed by atoms with Crippen LogP contribution < -0.4 is 4.90 Å². The Labute approximate surface area is 173 Å². The molecular formula is C22H21FN6O. The van der Waals surface area contributed by atoms with Crippen molar-refractivity contribution in [2.75, 3.05) is 31.6 Å². The van der Waals surface area contributed by atoms with Crippen LogP contribution >= 0.6 is 0 Å². The first-order valence-electron chi connectivity index (χ1n) is 9.93. The normalized spacial score (nSPS) is 17.3. The summed E-state index contributed by atoms with van der Waals surface area (Å²) in [4.78, 5) is 29.4. The SMILES string of the molecule is CN1CCN(c2ccc(-c3nc4ccncc4n3C3=CC=C(F)CC3)cn2)CC1=O. The van der Waals surface area contributed by atoms with E-state index in [1.807, 2.05) is 34.7 Å². The third-order valence-electron chi connectivity index (χ3n) is 5.61. The summed E-state index contributed by atoms with van der Waals surface area (Å²) < 4.78 is 15.6. The maximum Gasteiger partial charge on any atom is 0.241 e. The Hall–Kier alpha value is -3.55. The Balaban J connectivity index is 1.54. The summed E-state index contributed by atoms with van der Waals surface area (Å²) in [5, 5.41) is 0. The van der Waals surface area contributed by atoms with Crippen molar-refractivity contribution in [3.8, 4) is 11.4 Å². The topological polar surface area (TPSA) is 67.2 Å². The number of nitrogens with zero attached hydrogens (tertiary/aromatic N) is 6. The smallest absolute Gasteiger partial charge is 0.241 e. The number of rotatable bonds is 3. The highest BCUT2D eigenvalue weighted by Crippen LogP contribution is 2.32. The molecule has 7 nitrogen and oxygen atoms in total. The van der Waals surface area contributed by atoms with E-state index in [0.29, 0.717) is 25.9 Å². The van der Waals surface area contributed by atoms with Gasteiger partial charge in [-0.05, 0) is 36.8 Å². The highest BCUT2D eigenvalue weighted by atomic mass is 19.1. The zero-order valence-corrected chi connectivity index (χ0v) is 16.6. The molecule has 1 aliphatic heterocycles. The van der Waals surface area contributed by atoms with Crippen LogP contribution in [0, 0.1) is 0 Å². The summed E-state index contributed by atoms with van der Waals surface area (Å²) in [7, 11) is 1.82. The molecule has 4 heterocycles. The lowest BCUT2D eigenvalue weighted by molar-refractivity contribution is -0.129. The molecule has 0 bridgehead atoms. The zero-order valence-electron chi connectivity index (χ0n) is 16.6. The number of amides is 1. The Kier molecular flexibility index (Phi) is 4.54. The lowest BCUT2D eigenvalue weighted by atomic mass is 10.1. The van der Waals surface area contributed by atoms with Crippen LogP contribution in [0.5, 0.6) is 0 Å². The van der Waals surface area contributed by atoms with Gasteiger partial charge in [-0.1, -0.05) is 0 Å². The number of halogens is 1. The fourth-order valence-electron chi connectivity index (χ4n) is 3.85. The highest BCUT2D eigenvalue weighted by molar-refractivity contribution is 5.85. The van der Waals surface area contributed by atoms with E-state index in [1.165, 1.54) is 6.08 Å². The first kappa shape index (κ1) is 18.5. The first-order chi connectivity index (χ1) is 14.6. The third kappa shape index (κ3) is 3.24. The van der Waals surface area contributed by atoms with E-state index in [1.54, 1.807) is 29.6 Å². The second-order valence-electron chi connectivity index (χ2n) is 7.55. The van der Waals surface area contributed by atoms with Gasteiger partial charge in [-0.15, -0.1) is 0 Å². The minimum atomic E-state index is -0.115. The van der Waals surface area contributed by atoms with Gasteiger partial charge in [0.15, 0.2) is 0 Å². The molecule has 5 rings (SSSR count). The minimum absolute atomic E-state index is 0.0888. The molecule has 0 N–H and O–H groups in total. The van der Waals surface area contributed by atoms with Crippen molar-refractivity contribution >= 4 is 28.5 Å². The summed E-state index contributed by atoms with van der Waals surface area (Å²) in [6.45, 7) is 1.77. The fourth-order valence-corrected chi connectivity index (χ4v) is 3.85. The number of carbonyl (C=O) groups is 1. The van der Waals surface area contributed by atoms with Gasteiger partial charge in [0.05, 0.1) is 23.8 Å². The van der Waals surface area contributed by atoms with Crippen molar-refractivity contribution in [2.24, 2.45) is 0 Å². The van der Waals surface area contributed by atoms with Crippen molar-refractivity contribution in [2.45, 2.75) is 12.8 Å². The fraction of sp³-hybridized carbons (Fsp3) is 0.273. The molecule has 3 aromatic rings. The van der Waals surface area contributed by atoms with Gasteiger partial charge in [-0.2, -0.15) is 0 Å². The molecule has 3 aromatic heterocycles. The number of hydrogen-bond donors (Lipinski definition) is 0. The van der Waals surface area contributed by atoms with E-state index in [0.717, 1.165) is 40.5 Å². The molecule has 0 unspecified atom stereocenters. The molecule has 0 radical (unpaired) electrons. The van der Waals surface area contributed by atoms with Crippen molar-refractivity contribution in [1.29, 1.82) is 0 Å². The maximum atomic E-state index is 13.5. The van der Waals surface area contributed by atoms with Crippen LogP contribution in [-0.4, -0.2) is 57.0 Å². The van der Waals surface area contributed by atoms with Gasteiger partial charge in [0.25, 0.3) is 0 Å². The number of carbonyl (C=O) groups excluding carboxylic acids is 1. The van der Waals surface area contributed by atoms with E-state index >= 15 is 0 Å². The van der Waals surface area contributed by atoms with Gasteiger partial charge in [0.1, 0.15) is 17.5 Å². The lowest BCUT2D eigenvalue weighted by Gasteiger charge is -2.32. The molecule has 1 saturated heterocycles. The molecule has 152 valence electrons. The van der Waals surface area contributed by atoms with Gasteiger partial charge in [0.2, 0.25) is 5.91 Å². The van der Waals surface area contributed by atoms with E-state index in [9.17, 15) is 9.18 Å². The van der Waals surface area contributed by atoms with Crippen molar-refractivity contribution < 1.29 is 9.18 Å². The molecule has 8 heteroatoms. The van der Waals surface area contributed by atoms with Crippen molar-refractivity contribution in [1.82, 2.24) is 24.4 Å². The quantitative estimate of drug-likeness (QED) is 0.670. The van der Waals surface area contributed by atoms with Crippen LogP contribution in [0.3, 0.4) is 0 Å². The molecular weight excluding hydrogens is 383 g/mol. The largest absolute Gasteiger partial charge is 0.346 e. The standard InChI is InChI=1S/C22H21FN6O/c1-27-10-11-28(14-21(27)30)20-7-2-15(12-25-20)22-26-18-8-9-24-13-19(18)29(22)17-5-3-16(23)4-6-17/h2-3,5,7-9,12-13H,4,6,10-11,14H2,1H3. The Morgan fingerprint density at radius 2 is 1.97 bits per heavy atom. The summed E-state index contributed by atoms with van der Waals surface area (Å²) in [5.74, 6) is 1.49. The Bertz CT molecular complexity index is 1180. The predicted octanol–water partition coefficient (Wildman–Crippen LogP) is 3.26. The lowest BCUT2D eigenvalue weighted by Crippen LogP contribution is -2.48. The van der Waals surface area contributed by atoms with Gasteiger partial charge in [0, 0.05) is 50.2 Å². The number of fused-ring (bicyclic) bond motifs is 1. The molecule has 30 heavy (non-hydrogen) atoms. The van der Waals surface area contributed by atoms with Gasteiger partial charge < -0.3 is 9.80 Å². The van der Waals surface area contributed by atoms with Crippen molar-refractivity contribution in [3.63, 3.8) is 0 Å².